The molecule has 0 aliphatic carbocycles. The van der Waals surface area contributed by atoms with Crippen LogP contribution in [-0.4, -0.2) is 66.0 Å². The zero-order valence-electron chi connectivity index (χ0n) is 14.2. The van der Waals surface area contributed by atoms with Gasteiger partial charge in [0, 0.05) is 26.2 Å². The number of hydrogen-bond acceptors (Lipinski definition) is 5. The molecule has 24 heavy (non-hydrogen) atoms. The number of hydrogen-bond donors (Lipinski definition) is 1. The summed E-state index contributed by atoms with van der Waals surface area (Å²) in [5, 5.41) is 2.55. The molecule has 8 heteroatoms. The predicted octanol–water partition coefficient (Wildman–Crippen LogP) is 1.09. The van der Waals surface area contributed by atoms with Crippen LogP contribution in [0.5, 0.6) is 0 Å². The number of carbonyl (C=O) groups is 3. The lowest BCUT2D eigenvalue weighted by Gasteiger charge is -2.35. The molecule has 0 saturated carbocycles. The van der Waals surface area contributed by atoms with Gasteiger partial charge in [0.15, 0.2) is 0 Å². The van der Waals surface area contributed by atoms with Gasteiger partial charge in [-0.25, -0.2) is 4.79 Å². The molecule has 0 bridgehead atoms. The van der Waals surface area contributed by atoms with Crippen LogP contribution in [0.2, 0.25) is 0 Å². The van der Waals surface area contributed by atoms with Gasteiger partial charge >= 0.3 is 6.09 Å². The second-order valence-electron chi connectivity index (χ2n) is 6.54. The summed E-state index contributed by atoms with van der Waals surface area (Å²) in [7, 11) is 0. The smallest absolute Gasteiger partial charge is 0.410 e. The van der Waals surface area contributed by atoms with E-state index in [0.717, 1.165) is 0 Å². The summed E-state index contributed by atoms with van der Waals surface area (Å²) in [4.78, 5) is 39.1. The molecule has 1 aromatic heterocycles. The second-order valence-corrected chi connectivity index (χ2v) is 6.54. The number of nitrogens with zero attached hydrogens (tertiary/aromatic N) is 2. The van der Waals surface area contributed by atoms with Crippen molar-refractivity contribution in [2.24, 2.45) is 0 Å². The van der Waals surface area contributed by atoms with Gasteiger partial charge in [0.2, 0.25) is 5.91 Å². The van der Waals surface area contributed by atoms with E-state index in [1.165, 1.54) is 18.6 Å². The van der Waals surface area contributed by atoms with Gasteiger partial charge < -0.3 is 24.3 Å². The standard InChI is InChI=1S/C16H23N3O5/c1-16(2,3)24-15(22)19-7-5-18(6-8-19)13(20)10-17-14(21)12-4-9-23-11-12/h4,9,11H,5-8,10H2,1-3H3,(H,17,21). The largest absolute Gasteiger partial charge is 0.472 e. The van der Waals surface area contributed by atoms with Gasteiger partial charge in [-0.1, -0.05) is 0 Å². The Kier molecular flexibility index (Phi) is 5.48. The fourth-order valence-electron chi connectivity index (χ4n) is 2.23. The first-order valence-corrected chi connectivity index (χ1v) is 7.82. The minimum absolute atomic E-state index is 0.0869. The van der Waals surface area contributed by atoms with E-state index in [0.29, 0.717) is 31.7 Å². The summed E-state index contributed by atoms with van der Waals surface area (Å²) < 4.78 is 10.1. The monoisotopic (exact) mass is 337 g/mol. The molecule has 0 unspecified atom stereocenters. The highest BCUT2D eigenvalue weighted by Gasteiger charge is 2.27. The Morgan fingerprint density at radius 3 is 2.33 bits per heavy atom. The number of carbonyl (C=O) groups excluding carboxylic acids is 3. The van der Waals surface area contributed by atoms with Crippen LogP contribution in [0.15, 0.2) is 23.0 Å². The molecule has 132 valence electrons. The van der Waals surface area contributed by atoms with E-state index >= 15 is 0 Å². The zero-order chi connectivity index (χ0) is 17.7. The van der Waals surface area contributed by atoms with Gasteiger partial charge in [0.05, 0.1) is 18.4 Å². The highest BCUT2D eigenvalue weighted by Crippen LogP contribution is 2.12. The lowest BCUT2D eigenvalue weighted by Crippen LogP contribution is -2.53. The Labute approximate surface area is 140 Å². The molecule has 0 spiro atoms. The van der Waals surface area contributed by atoms with Crippen LogP contribution in [-0.2, 0) is 9.53 Å². The Morgan fingerprint density at radius 2 is 1.79 bits per heavy atom. The van der Waals surface area contributed by atoms with Gasteiger partial charge in [-0.05, 0) is 26.8 Å². The molecule has 1 fully saturated rings. The minimum atomic E-state index is -0.540. The van der Waals surface area contributed by atoms with E-state index in [1.807, 2.05) is 20.8 Å². The fraction of sp³-hybridized carbons (Fsp3) is 0.562. The third-order valence-corrected chi connectivity index (χ3v) is 3.47. The lowest BCUT2D eigenvalue weighted by molar-refractivity contribution is -0.131. The Balaban J connectivity index is 1.74. The van der Waals surface area contributed by atoms with Crippen LogP contribution in [0.25, 0.3) is 0 Å². The summed E-state index contributed by atoms with van der Waals surface area (Å²) in [5.41, 5.74) is -0.168. The average Bonchev–Trinajstić information content (AvgIpc) is 3.05. The molecule has 1 aliphatic rings. The highest BCUT2D eigenvalue weighted by atomic mass is 16.6. The maximum absolute atomic E-state index is 12.1. The summed E-state index contributed by atoms with van der Waals surface area (Å²) >= 11 is 0. The molecule has 1 saturated heterocycles. The van der Waals surface area contributed by atoms with Crippen molar-refractivity contribution in [1.82, 2.24) is 15.1 Å². The lowest BCUT2D eigenvalue weighted by atomic mass is 10.2. The van der Waals surface area contributed by atoms with Crippen molar-refractivity contribution in [3.8, 4) is 0 Å². The molecule has 0 aromatic carbocycles. The second kappa shape index (κ2) is 7.37. The van der Waals surface area contributed by atoms with Gasteiger partial charge in [0.25, 0.3) is 5.91 Å². The topological polar surface area (TPSA) is 92.1 Å². The SMILES string of the molecule is CC(C)(C)OC(=O)N1CCN(C(=O)CNC(=O)c2ccoc2)CC1. The van der Waals surface area contributed by atoms with Gasteiger partial charge in [-0.15, -0.1) is 0 Å². The van der Waals surface area contributed by atoms with Crippen LogP contribution >= 0.6 is 0 Å². The van der Waals surface area contributed by atoms with Crippen LogP contribution < -0.4 is 5.32 Å². The maximum atomic E-state index is 12.1. The number of rotatable bonds is 3. The van der Waals surface area contributed by atoms with E-state index in [4.69, 9.17) is 9.15 Å². The molecule has 1 aliphatic heterocycles. The highest BCUT2D eigenvalue weighted by molar-refractivity contribution is 5.96. The van der Waals surface area contributed by atoms with E-state index in [1.54, 1.807) is 9.80 Å². The van der Waals surface area contributed by atoms with Gasteiger partial charge in [0.1, 0.15) is 11.9 Å². The third kappa shape index (κ3) is 5.00. The number of amides is 3. The number of piperazine rings is 1. The molecular weight excluding hydrogens is 314 g/mol. The van der Waals surface area contributed by atoms with E-state index in [2.05, 4.69) is 5.32 Å². The van der Waals surface area contributed by atoms with Crippen LogP contribution in [0.1, 0.15) is 31.1 Å². The molecule has 8 nitrogen and oxygen atoms in total. The first-order valence-electron chi connectivity index (χ1n) is 7.82. The Bertz CT molecular complexity index is 583. The van der Waals surface area contributed by atoms with Crippen molar-refractivity contribution in [2.45, 2.75) is 26.4 Å². The van der Waals surface area contributed by atoms with E-state index in [9.17, 15) is 14.4 Å². The Morgan fingerprint density at radius 1 is 1.17 bits per heavy atom. The summed E-state index contributed by atoms with van der Waals surface area (Å²) in [6, 6.07) is 1.53. The molecular formula is C16H23N3O5. The summed E-state index contributed by atoms with van der Waals surface area (Å²) in [6.45, 7) is 7.01. The third-order valence-electron chi connectivity index (χ3n) is 3.47. The number of furan rings is 1. The maximum Gasteiger partial charge on any atom is 0.410 e. The zero-order valence-corrected chi connectivity index (χ0v) is 14.2. The number of nitrogens with one attached hydrogen (secondary N) is 1. The first kappa shape index (κ1) is 17.8. The molecule has 1 aromatic rings. The normalized spacial score (nSPS) is 15.1. The molecule has 1 N–H and O–H groups in total. The van der Waals surface area contributed by atoms with Gasteiger partial charge in [-0.3, -0.25) is 9.59 Å². The van der Waals surface area contributed by atoms with Crippen LogP contribution in [0, 0.1) is 0 Å². The van der Waals surface area contributed by atoms with Crippen molar-refractivity contribution in [3.63, 3.8) is 0 Å². The molecule has 0 radical (unpaired) electrons. The minimum Gasteiger partial charge on any atom is -0.472 e. The van der Waals surface area contributed by atoms with Crippen LogP contribution in [0.3, 0.4) is 0 Å². The predicted molar refractivity (Wildman–Crippen MR) is 85.4 cm³/mol. The average molecular weight is 337 g/mol. The van der Waals surface area contributed by atoms with E-state index in [-0.39, 0.29) is 24.5 Å². The van der Waals surface area contributed by atoms with Crippen molar-refractivity contribution in [2.75, 3.05) is 32.7 Å². The molecule has 3 amide bonds. The van der Waals surface area contributed by atoms with Crippen molar-refractivity contribution in [1.29, 1.82) is 0 Å². The van der Waals surface area contributed by atoms with E-state index < -0.39 is 5.60 Å². The fourth-order valence-corrected chi connectivity index (χ4v) is 2.23. The molecule has 0 atom stereocenters. The van der Waals surface area contributed by atoms with Crippen LogP contribution in [0.4, 0.5) is 4.79 Å². The quantitative estimate of drug-likeness (QED) is 0.891. The first-order chi connectivity index (χ1) is 11.3. The van der Waals surface area contributed by atoms with Gasteiger partial charge in [-0.2, -0.15) is 0 Å². The number of ether oxygens (including phenoxy) is 1. The molecule has 2 heterocycles. The Hall–Kier alpha value is -2.51. The van der Waals surface area contributed by atoms with Crippen molar-refractivity contribution < 1.29 is 23.5 Å². The summed E-state index contributed by atoms with van der Waals surface area (Å²) in [5.74, 6) is -0.542. The van der Waals surface area contributed by atoms with Crippen molar-refractivity contribution >= 4 is 17.9 Å². The van der Waals surface area contributed by atoms with Crippen molar-refractivity contribution in [3.05, 3.63) is 24.2 Å². The molecule has 2 rings (SSSR count). The summed E-state index contributed by atoms with van der Waals surface area (Å²) in [6.07, 6.45) is 2.34.